The van der Waals surface area contributed by atoms with Gasteiger partial charge in [-0.05, 0) is 89.1 Å². The van der Waals surface area contributed by atoms with Crippen LogP contribution in [0.3, 0.4) is 0 Å². The van der Waals surface area contributed by atoms with Crippen molar-refractivity contribution in [2.24, 2.45) is 0 Å². The number of hydrogen-bond donors (Lipinski definition) is 0. The number of benzene rings is 3. The molecule has 266 valence electrons. The first kappa shape index (κ1) is 36.7. The molecule has 0 aliphatic rings. The third-order valence-electron chi connectivity index (χ3n) is 8.22. The molecule has 2 heterocycles. The van der Waals surface area contributed by atoms with Gasteiger partial charge in [0.15, 0.2) is 10.9 Å². The topological polar surface area (TPSA) is 134 Å². The van der Waals surface area contributed by atoms with Crippen molar-refractivity contribution in [1.82, 2.24) is 9.13 Å². The van der Waals surface area contributed by atoms with E-state index in [9.17, 15) is 19.2 Å². The molecule has 0 aliphatic heterocycles. The summed E-state index contributed by atoms with van der Waals surface area (Å²) in [6.45, 7) is 12.1. The van der Waals surface area contributed by atoms with Gasteiger partial charge < -0.3 is 28.4 Å². The first-order valence-corrected chi connectivity index (χ1v) is 16.4. The molecule has 5 rings (SSSR count). The quantitative estimate of drug-likeness (QED) is 0.112. The summed E-state index contributed by atoms with van der Waals surface area (Å²) in [5, 5.41) is 0.733. The molecule has 2 aromatic heterocycles. The summed E-state index contributed by atoms with van der Waals surface area (Å²) in [5.41, 5.74) is -0.339. The van der Waals surface area contributed by atoms with Crippen LogP contribution < -0.4 is 10.9 Å². The second-order valence-electron chi connectivity index (χ2n) is 13.6. The number of methoxy groups -OCH3 is 2. The van der Waals surface area contributed by atoms with E-state index in [2.05, 4.69) is 0 Å². The maximum atomic E-state index is 14.2. The van der Waals surface area contributed by atoms with Crippen LogP contribution in [0.15, 0.2) is 58.1 Å². The summed E-state index contributed by atoms with van der Waals surface area (Å²) in [5.74, 6) is 0. The molecule has 5 aromatic rings. The molecule has 0 bridgehead atoms. The summed E-state index contributed by atoms with van der Waals surface area (Å²) >= 11 is 0. The summed E-state index contributed by atoms with van der Waals surface area (Å²) in [7, 11) is 3.13. The number of pyridine rings is 2. The molecule has 0 saturated heterocycles. The predicted octanol–water partition coefficient (Wildman–Crippen LogP) is 6.09. The van der Waals surface area contributed by atoms with E-state index >= 15 is 0 Å². The Labute approximate surface area is 289 Å². The van der Waals surface area contributed by atoms with Crippen molar-refractivity contribution < 1.29 is 38.0 Å². The SMILES string of the molecule is COCCOCC(C)(C)OC(=O)n1c2cc(C)ccc2c(=O)c2cc3c(cc21)c(=O)c1ccc(C)cc1n3C(=O)OC(C)(C)COCCOC. The molecule has 0 radical (unpaired) electrons. The maximum Gasteiger partial charge on any atom is 0.419 e. The Hall–Kier alpha value is -4.62. The van der Waals surface area contributed by atoms with Gasteiger partial charge in [-0.2, -0.15) is 0 Å². The first-order chi connectivity index (χ1) is 23.7. The average Bonchev–Trinajstić information content (AvgIpc) is 3.04. The van der Waals surface area contributed by atoms with Crippen LogP contribution in [0.25, 0.3) is 43.6 Å². The Morgan fingerprint density at radius 2 is 0.920 bits per heavy atom. The minimum absolute atomic E-state index is 0.0894. The van der Waals surface area contributed by atoms with Crippen molar-refractivity contribution in [3.8, 4) is 0 Å². The van der Waals surface area contributed by atoms with Gasteiger partial charge >= 0.3 is 12.2 Å². The predicted molar refractivity (Wildman–Crippen MR) is 192 cm³/mol. The van der Waals surface area contributed by atoms with E-state index in [0.717, 1.165) is 11.1 Å². The number of carbonyl (C=O) groups excluding carboxylic acids is 2. The van der Waals surface area contributed by atoms with Crippen LogP contribution in [-0.4, -0.2) is 86.4 Å². The number of carbonyl (C=O) groups is 2. The van der Waals surface area contributed by atoms with Crippen molar-refractivity contribution in [2.75, 3.05) is 53.9 Å². The monoisotopic (exact) mass is 688 g/mol. The van der Waals surface area contributed by atoms with E-state index < -0.39 is 23.4 Å². The van der Waals surface area contributed by atoms with Gasteiger partial charge in [-0.25, -0.2) is 18.7 Å². The van der Waals surface area contributed by atoms with Gasteiger partial charge in [0.1, 0.15) is 11.2 Å². The summed E-state index contributed by atoms with van der Waals surface area (Å²) < 4.78 is 35.9. The molecule has 0 N–H and O–H groups in total. The first-order valence-electron chi connectivity index (χ1n) is 16.4. The van der Waals surface area contributed by atoms with Crippen LogP contribution in [-0.2, 0) is 28.4 Å². The second-order valence-corrected chi connectivity index (χ2v) is 13.6. The Balaban J connectivity index is 1.76. The molecule has 0 unspecified atom stereocenters. The molecule has 0 spiro atoms. The average molecular weight is 689 g/mol. The maximum absolute atomic E-state index is 14.2. The van der Waals surface area contributed by atoms with Crippen molar-refractivity contribution in [2.45, 2.75) is 52.7 Å². The normalized spacial score (nSPS) is 12.3. The lowest BCUT2D eigenvalue weighted by Gasteiger charge is -2.27. The van der Waals surface area contributed by atoms with Crippen LogP contribution in [0.5, 0.6) is 0 Å². The number of fused-ring (bicyclic) bond motifs is 4. The molecule has 0 aliphatic carbocycles. The minimum Gasteiger partial charge on any atom is -0.440 e. The highest BCUT2D eigenvalue weighted by Gasteiger charge is 2.29. The van der Waals surface area contributed by atoms with Gasteiger partial charge in [-0.15, -0.1) is 0 Å². The number of ether oxygens (including phenoxy) is 6. The molecule has 12 heteroatoms. The van der Waals surface area contributed by atoms with E-state index in [1.54, 1.807) is 78.3 Å². The molecular formula is C38H44N2O10. The van der Waals surface area contributed by atoms with E-state index in [4.69, 9.17) is 28.4 Å². The number of aromatic nitrogens is 2. The van der Waals surface area contributed by atoms with Gasteiger partial charge in [0.2, 0.25) is 0 Å². The third kappa shape index (κ3) is 7.58. The van der Waals surface area contributed by atoms with Gasteiger partial charge in [0.25, 0.3) is 0 Å². The summed E-state index contributed by atoms with van der Waals surface area (Å²) in [6, 6.07) is 13.2. The third-order valence-corrected chi connectivity index (χ3v) is 8.22. The summed E-state index contributed by atoms with van der Waals surface area (Å²) in [4.78, 5) is 56.5. The number of hydrogen-bond acceptors (Lipinski definition) is 10. The molecular weight excluding hydrogens is 644 g/mol. The fourth-order valence-corrected chi connectivity index (χ4v) is 5.83. The number of aryl methyl sites for hydroxylation is 2. The highest BCUT2D eigenvalue weighted by atomic mass is 16.6. The number of nitrogens with zero attached hydrogens (tertiary/aromatic N) is 2. The fraction of sp³-hybridized carbons (Fsp3) is 0.421. The van der Waals surface area contributed by atoms with Crippen LogP contribution in [0.4, 0.5) is 9.59 Å². The van der Waals surface area contributed by atoms with Gasteiger partial charge in [-0.1, -0.05) is 12.1 Å². The molecule has 12 nitrogen and oxygen atoms in total. The van der Waals surface area contributed by atoms with E-state index in [0.29, 0.717) is 37.5 Å². The Morgan fingerprint density at radius 1 is 0.560 bits per heavy atom. The molecule has 0 saturated carbocycles. The highest BCUT2D eigenvalue weighted by Crippen LogP contribution is 2.29. The molecule has 3 aromatic carbocycles. The van der Waals surface area contributed by atoms with Crippen LogP contribution in [0.1, 0.15) is 38.8 Å². The fourth-order valence-electron chi connectivity index (χ4n) is 5.83. The molecule has 0 fully saturated rings. The van der Waals surface area contributed by atoms with Gasteiger partial charge in [0.05, 0.1) is 61.7 Å². The zero-order valence-electron chi connectivity index (χ0n) is 29.8. The second kappa shape index (κ2) is 14.7. The Kier molecular flexibility index (Phi) is 10.8. The Morgan fingerprint density at radius 3 is 1.28 bits per heavy atom. The minimum atomic E-state index is -1.06. The van der Waals surface area contributed by atoms with Crippen molar-refractivity contribution in [3.05, 3.63) is 80.1 Å². The smallest absolute Gasteiger partial charge is 0.419 e. The lowest BCUT2D eigenvalue weighted by molar-refractivity contribution is -0.0418. The van der Waals surface area contributed by atoms with Gasteiger partial charge in [0, 0.05) is 35.8 Å². The number of rotatable bonds is 12. The molecule has 50 heavy (non-hydrogen) atoms. The highest BCUT2D eigenvalue weighted by molar-refractivity contribution is 6.09. The van der Waals surface area contributed by atoms with Crippen LogP contribution in [0, 0.1) is 13.8 Å². The summed E-state index contributed by atoms with van der Waals surface area (Å²) in [6.07, 6.45) is -1.53. The lowest BCUT2D eigenvalue weighted by Crippen LogP contribution is -2.36. The van der Waals surface area contributed by atoms with E-state index in [-0.39, 0.29) is 56.6 Å². The Bertz CT molecular complexity index is 2060. The van der Waals surface area contributed by atoms with Crippen LogP contribution >= 0.6 is 0 Å². The zero-order valence-corrected chi connectivity index (χ0v) is 29.8. The van der Waals surface area contributed by atoms with Crippen molar-refractivity contribution >= 4 is 55.8 Å². The van der Waals surface area contributed by atoms with E-state index in [1.165, 1.54) is 21.3 Å². The van der Waals surface area contributed by atoms with Crippen molar-refractivity contribution in [1.29, 1.82) is 0 Å². The molecule has 0 amide bonds. The van der Waals surface area contributed by atoms with Crippen LogP contribution in [0.2, 0.25) is 0 Å². The zero-order chi connectivity index (χ0) is 36.4. The van der Waals surface area contributed by atoms with Crippen molar-refractivity contribution in [3.63, 3.8) is 0 Å². The molecule has 0 atom stereocenters. The lowest BCUT2D eigenvalue weighted by atomic mass is 10.0. The standard InChI is InChI=1S/C38H44N2O10/c1-23-9-11-25-29(17-23)39(35(43)49-37(3,4)21-47-15-13-45-7)31-19-28-32(20-27(31)33(25)41)40(30-18-24(2)10-12-26(30)34(28)42)36(44)50-38(5,6)22-48-16-14-46-8/h9-12,17-20H,13-16,21-22H2,1-8H3. The largest absolute Gasteiger partial charge is 0.440 e. The van der Waals surface area contributed by atoms with E-state index in [1.807, 2.05) is 13.8 Å². The van der Waals surface area contributed by atoms with Gasteiger partial charge in [-0.3, -0.25) is 9.59 Å².